The molecule has 32 heavy (non-hydrogen) atoms. The molecule has 2 atom stereocenters. The monoisotopic (exact) mass is 472 g/mol. The molecule has 2 unspecified atom stereocenters. The third kappa shape index (κ3) is 4.67. The van der Waals surface area contributed by atoms with Crippen molar-refractivity contribution in [3.05, 3.63) is 64.9 Å². The number of carbonyl (C=O) groups is 2. The highest BCUT2D eigenvalue weighted by atomic mass is 32.2. The summed E-state index contributed by atoms with van der Waals surface area (Å²) in [5, 5.41) is 15.9. The second-order valence-corrected chi connectivity index (χ2v) is 8.97. The number of carbonyl (C=O) groups excluding carboxylic acids is 1. The summed E-state index contributed by atoms with van der Waals surface area (Å²) >= 11 is -1.12. The normalized spacial score (nSPS) is 13.2. The molecule has 0 bridgehead atoms. The number of carboxylic acid groups (broad SMARTS) is 1. The van der Waals surface area contributed by atoms with E-state index in [4.69, 9.17) is 4.42 Å². The van der Waals surface area contributed by atoms with Gasteiger partial charge in [-0.1, -0.05) is 24.3 Å². The van der Waals surface area contributed by atoms with Gasteiger partial charge in [-0.3, -0.25) is 13.7 Å². The number of nitrogens with one attached hydrogen (secondary N) is 1. The third-order valence-electron chi connectivity index (χ3n) is 5.04. The van der Waals surface area contributed by atoms with E-state index in [-0.39, 0.29) is 24.4 Å². The number of hydrogen-bond donors (Lipinski definition) is 3. The molecular formula is C22H20N2O6S2. The molecule has 0 radical (unpaired) electrons. The molecule has 2 aromatic carbocycles. The standard InChI is InChI=1S/C22H20N2O6S2/c25-21(23-13-15-4-3-11-31-15)10-8-18(22(26)27)24(32(28)29)14-7-9-20-17(12-14)16-5-1-2-6-19(16)30-20/h1-7,9,11-12,18H,8,10,13H2,(H,23,25)(H,26,27)(H,28,29). The summed E-state index contributed by atoms with van der Waals surface area (Å²) in [6, 6.07) is 14.5. The van der Waals surface area contributed by atoms with Gasteiger partial charge in [-0.2, -0.15) is 0 Å². The minimum atomic E-state index is -2.62. The van der Waals surface area contributed by atoms with E-state index in [2.05, 4.69) is 5.32 Å². The summed E-state index contributed by atoms with van der Waals surface area (Å²) in [5.41, 5.74) is 1.49. The minimum absolute atomic E-state index is 0.104. The van der Waals surface area contributed by atoms with Crippen molar-refractivity contribution in [1.82, 2.24) is 5.32 Å². The number of furan rings is 1. The molecule has 0 saturated heterocycles. The van der Waals surface area contributed by atoms with Gasteiger partial charge in [-0.25, -0.2) is 9.00 Å². The van der Waals surface area contributed by atoms with Gasteiger partial charge < -0.3 is 14.8 Å². The number of rotatable bonds is 9. The first-order valence-corrected chi connectivity index (χ1v) is 11.7. The number of aliphatic carboxylic acids is 1. The topological polar surface area (TPSA) is 120 Å². The van der Waals surface area contributed by atoms with E-state index in [0.29, 0.717) is 23.1 Å². The first kappa shape index (κ1) is 22.0. The smallest absolute Gasteiger partial charge is 0.327 e. The van der Waals surface area contributed by atoms with Crippen LogP contribution in [0.15, 0.2) is 64.4 Å². The van der Waals surface area contributed by atoms with E-state index in [1.54, 1.807) is 12.1 Å². The van der Waals surface area contributed by atoms with Gasteiger partial charge in [0.05, 0.1) is 12.2 Å². The predicted octanol–water partition coefficient (Wildman–Crippen LogP) is 4.14. The fourth-order valence-electron chi connectivity index (χ4n) is 3.53. The molecule has 0 spiro atoms. The van der Waals surface area contributed by atoms with Gasteiger partial charge in [0.1, 0.15) is 17.2 Å². The van der Waals surface area contributed by atoms with Crippen molar-refractivity contribution in [2.75, 3.05) is 4.31 Å². The Morgan fingerprint density at radius 3 is 2.59 bits per heavy atom. The number of fused-ring (bicyclic) bond motifs is 3. The van der Waals surface area contributed by atoms with Crippen molar-refractivity contribution in [3.63, 3.8) is 0 Å². The molecule has 0 aliphatic heterocycles. The van der Waals surface area contributed by atoms with Crippen LogP contribution in [0.1, 0.15) is 17.7 Å². The summed E-state index contributed by atoms with van der Waals surface area (Å²) in [4.78, 5) is 25.2. The maximum absolute atomic E-state index is 12.2. The molecule has 10 heteroatoms. The van der Waals surface area contributed by atoms with Crippen LogP contribution >= 0.6 is 11.3 Å². The number of benzene rings is 2. The molecule has 4 aromatic rings. The Labute approximate surface area is 189 Å². The lowest BCUT2D eigenvalue weighted by Crippen LogP contribution is -2.43. The Morgan fingerprint density at radius 1 is 1.09 bits per heavy atom. The fourth-order valence-corrected chi connectivity index (χ4v) is 4.88. The summed E-state index contributed by atoms with van der Waals surface area (Å²) < 4.78 is 28.8. The molecule has 8 nitrogen and oxygen atoms in total. The fraction of sp³-hybridized carbons (Fsp3) is 0.182. The van der Waals surface area contributed by atoms with Gasteiger partial charge in [-0.05, 0) is 42.1 Å². The van der Waals surface area contributed by atoms with Crippen molar-refractivity contribution >= 4 is 62.1 Å². The third-order valence-corrected chi connectivity index (χ3v) is 6.71. The van der Waals surface area contributed by atoms with Crippen LogP contribution in [-0.4, -0.2) is 31.8 Å². The van der Waals surface area contributed by atoms with Crippen LogP contribution in [0, 0.1) is 0 Å². The van der Waals surface area contributed by atoms with Crippen molar-refractivity contribution in [3.8, 4) is 0 Å². The van der Waals surface area contributed by atoms with E-state index in [0.717, 1.165) is 14.6 Å². The van der Waals surface area contributed by atoms with Crippen LogP contribution in [0.3, 0.4) is 0 Å². The van der Waals surface area contributed by atoms with Gasteiger partial charge in [-0.15, -0.1) is 11.3 Å². The molecule has 0 saturated carbocycles. The van der Waals surface area contributed by atoms with Crippen LogP contribution in [0.2, 0.25) is 0 Å². The Morgan fingerprint density at radius 2 is 1.88 bits per heavy atom. The first-order valence-electron chi connectivity index (χ1n) is 9.77. The zero-order chi connectivity index (χ0) is 22.7. The SMILES string of the molecule is O=C(CCC(C(=O)O)N(c1ccc2oc3ccccc3c2c1)S(=O)O)NCc1cccs1. The molecule has 1 amide bonds. The maximum atomic E-state index is 12.2. The quantitative estimate of drug-likeness (QED) is 0.315. The van der Waals surface area contributed by atoms with Crippen LogP contribution in [0.4, 0.5) is 5.69 Å². The van der Waals surface area contributed by atoms with E-state index >= 15 is 0 Å². The average molecular weight is 473 g/mol. The molecule has 0 fully saturated rings. The molecule has 2 heterocycles. The van der Waals surface area contributed by atoms with E-state index in [1.165, 1.54) is 17.4 Å². The van der Waals surface area contributed by atoms with Crippen LogP contribution in [-0.2, 0) is 27.4 Å². The van der Waals surface area contributed by atoms with Crippen LogP contribution in [0.5, 0.6) is 0 Å². The Bertz CT molecular complexity index is 1280. The average Bonchev–Trinajstić information content (AvgIpc) is 3.42. The highest BCUT2D eigenvalue weighted by Gasteiger charge is 2.31. The van der Waals surface area contributed by atoms with Gasteiger partial charge in [0.25, 0.3) is 11.3 Å². The number of thiophene rings is 1. The lowest BCUT2D eigenvalue weighted by Gasteiger charge is -2.26. The largest absolute Gasteiger partial charge is 0.480 e. The number of hydrogen-bond acceptors (Lipinski definition) is 5. The molecule has 2 aromatic heterocycles. The van der Waals surface area contributed by atoms with Crippen molar-refractivity contribution < 1.29 is 27.9 Å². The Kier molecular flexibility index (Phi) is 6.54. The summed E-state index contributed by atoms with van der Waals surface area (Å²) in [6.45, 7) is 0.355. The summed E-state index contributed by atoms with van der Waals surface area (Å²) in [5.74, 6) is -1.62. The van der Waals surface area contributed by atoms with Gasteiger partial charge in [0.2, 0.25) is 5.91 Å². The van der Waals surface area contributed by atoms with Crippen LogP contribution < -0.4 is 9.62 Å². The molecular weight excluding hydrogens is 452 g/mol. The maximum Gasteiger partial charge on any atom is 0.327 e. The second kappa shape index (κ2) is 9.51. The van der Waals surface area contributed by atoms with Gasteiger partial charge in [0.15, 0.2) is 0 Å². The Hall–Kier alpha value is -3.21. The zero-order valence-electron chi connectivity index (χ0n) is 16.8. The number of carboxylic acids is 1. The van der Waals surface area contributed by atoms with E-state index < -0.39 is 23.3 Å². The molecule has 4 rings (SSSR count). The van der Waals surface area contributed by atoms with Gasteiger partial charge >= 0.3 is 5.97 Å². The van der Waals surface area contributed by atoms with Crippen molar-refractivity contribution in [1.29, 1.82) is 0 Å². The number of amides is 1. The number of para-hydroxylation sites is 1. The molecule has 0 aliphatic carbocycles. The van der Waals surface area contributed by atoms with Crippen molar-refractivity contribution in [2.45, 2.75) is 25.4 Å². The lowest BCUT2D eigenvalue weighted by atomic mass is 10.1. The zero-order valence-corrected chi connectivity index (χ0v) is 18.4. The van der Waals surface area contributed by atoms with Crippen molar-refractivity contribution in [2.24, 2.45) is 0 Å². The van der Waals surface area contributed by atoms with Crippen LogP contribution in [0.25, 0.3) is 21.9 Å². The van der Waals surface area contributed by atoms with Gasteiger partial charge in [0, 0.05) is 22.1 Å². The number of anilines is 1. The first-order chi connectivity index (χ1) is 15.4. The lowest BCUT2D eigenvalue weighted by molar-refractivity contribution is -0.138. The predicted molar refractivity (Wildman–Crippen MR) is 124 cm³/mol. The molecule has 166 valence electrons. The summed E-state index contributed by atoms with van der Waals surface area (Å²) in [7, 11) is 0. The molecule has 0 aliphatic rings. The highest BCUT2D eigenvalue weighted by molar-refractivity contribution is 7.80. The minimum Gasteiger partial charge on any atom is -0.480 e. The second-order valence-electron chi connectivity index (χ2n) is 7.08. The Balaban J connectivity index is 1.56. The van der Waals surface area contributed by atoms with E-state index in [1.807, 2.05) is 41.8 Å². The number of nitrogens with zero attached hydrogens (tertiary/aromatic N) is 1. The summed E-state index contributed by atoms with van der Waals surface area (Å²) in [6.07, 6.45) is -0.241. The highest BCUT2D eigenvalue weighted by Crippen LogP contribution is 2.33. The van der Waals surface area contributed by atoms with E-state index in [9.17, 15) is 23.5 Å². The molecule has 3 N–H and O–H groups in total.